The normalized spacial score (nSPS) is 17.5. The van der Waals surface area contributed by atoms with E-state index in [9.17, 15) is 4.79 Å². The van der Waals surface area contributed by atoms with Gasteiger partial charge in [0.25, 0.3) is 0 Å². The highest BCUT2D eigenvalue weighted by Crippen LogP contribution is 2.34. The van der Waals surface area contributed by atoms with Gasteiger partial charge in [0.1, 0.15) is 5.69 Å². The number of hydrogen-bond acceptors (Lipinski definition) is 4. The summed E-state index contributed by atoms with van der Waals surface area (Å²) in [4.78, 5) is 12.4. The Hall–Kier alpha value is -2.01. The summed E-state index contributed by atoms with van der Waals surface area (Å²) in [6.45, 7) is 1.08. The van der Waals surface area contributed by atoms with Crippen LogP contribution < -0.4 is 5.73 Å². The first-order valence-electron chi connectivity index (χ1n) is 7.49. The Bertz CT molecular complexity index is 635. The number of rotatable bonds is 5. The Morgan fingerprint density at radius 3 is 3.10 bits per heavy atom. The SMILES string of the molecule is NCCn1cc(C(=O)CC2CCCc3ccccc32)nn1. The molecule has 0 radical (unpaired) electrons. The lowest BCUT2D eigenvalue weighted by molar-refractivity contribution is 0.0966. The van der Waals surface area contributed by atoms with Gasteiger partial charge in [0.05, 0.1) is 12.7 Å². The van der Waals surface area contributed by atoms with Crippen molar-refractivity contribution in [2.45, 2.75) is 38.1 Å². The fourth-order valence-corrected chi connectivity index (χ4v) is 3.06. The zero-order valence-corrected chi connectivity index (χ0v) is 12.0. The van der Waals surface area contributed by atoms with E-state index in [4.69, 9.17) is 5.73 Å². The Balaban J connectivity index is 1.73. The van der Waals surface area contributed by atoms with Crippen LogP contribution >= 0.6 is 0 Å². The number of hydrogen-bond donors (Lipinski definition) is 1. The minimum absolute atomic E-state index is 0.0694. The molecule has 2 N–H and O–H groups in total. The van der Waals surface area contributed by atoms with Crippen LogP contribution in [0.25, 0.3) is 0 Å². The van der Waals surface area contributed by atoms with Gasteiger partial charge in [0, 0.05) is 13.0 Å². The van der Waals surface area contributed by atoms with Crippen LogP contribution in [0.4, 0.5) is 0 Å². The molecule has 1 heterocycles. The van der Waals surface area contributed by atoms with Crippen LogP contribution in [0.15, 0.2) is 30.5 Å². The molecule has 1 aromatic carbocycles. The van der Waals surface area contributed by atoms with Crippen LogP contribution in [-0.2, 0) is 13.0 Å². The number of ketones is 1. The summed E-state index contributed by atoms with van der Waals surface area (Å²) in [5, 5.41) is 7.89. The van der Waals surface area contributed by atoms with Gasteiger partial charge in [-0.25, -0.2) is 0 Å². The average molecular weight is 284 g/mol. The lowest BCUT2D eigenvalue weighted by Crippen LogP contribution is -2.14. The number of carbonyl (C=O) groups is 1. The lowest BCUT2D eigenvalue weighted by Gasteiger charge is -2.24. The summed E-state index contributed by atoms with van der Waals surface area (Å²) in [7, 11) is 0. The molecule has 0 bridgehead atoms. The molecule has 110 valence electrons. The monoisotopic (exact) mass is 284 g/mol. The highest BCUT2D eigenvalue weighted by atomic mass is 16.1. The molecule has 0 fully saturated rings. The molecule has 0 saturated carbocycles. The van der Waals surface area contributed by atoms with Gasteiger partial charge in [-0.3, -0.25) is 9.48 Å². The quantitative estimate of drug-likeness (QED) is 0.851. The molecule has 1 atom stereocenters. The topological polar surface area (TPSA) is 73.8 Å². The number of benzene rings is 1. The van der Waals surface area contributed by atoms with Crippen LogP contribution in [0.1, 0.15) is 46.8 Å². The lowest BCUT2D eigenvalue weighted by atomic mass is 9.80. The second kappa shape index (κ2) is 6.18. The number of fused-ring (bicyclic) bond motifs is 1. The Morgan fingerprint density at radius 1 is 1.38 bits per heavy atom. The van der Waals surface area contributed by atoms with Gasteiger partial charge in [-0.15, -0.1) is 5.10 Å². The van der Waals surface area contributed by atoms with E-state index in [1.54, 1.807) is 10.9 Å². The van der Waals surface area contributed by atoms with Crippen molar-refractivity contribution in [1.82, 2.24) is 15.0 Å². The second-order valence-corrected chi connectivity index (χ2v) is 5.57. The number of aromatic nitrogens is 3. The van der Waals surface area contributed by atoms with E-state index in [0.29, 0.717) is 31.1 Å². The third-order valence-electron chi connectivity index (χ3n) is 4.11. The maximum atomic E-state index is 12.4. The van der Waals surface area contributed by atoms with Crippen LogP contribution in [0.3, 0.4) is 0 Å². The molecule has 21 heavy (non-hydrogen) atoms. The Kier molecular flexibility index (Phi) is 4.10. The summed E-state index contributed by atoms with van der Waals surface area (Å²) < 4.78 is 1.63. The molecule has 1 aromatic heterocycles. The van der Waals surface area contributed by atoms with Gasteiger partial charge in [-0.1, -0.05) is 29.5 Å². The van der Waals surface area contributed by atoms with Crippen molar-refractivity contribution >= 4 is 5.78 Å². The minimum atomic E-state index is 0.0694. The molecule has 3 rings (SSSR count). The number of Topliss-reactive ketones (excluding diaryl/α,β-unsaturated/α-hetero) is 1. The van der Waals surface area contributed by atoms with Crippen molar-refractivity contribution in [3.8, 4) is 0 Å². The molecule has 1 aliphatic carbocycles. The largest absolute Gasteiger partial charge is 0.329 e. The highest BCUT2D eigenvalue weighted by molar-refractivity contribution is 5.94. The molecular weight excluding hydrogens is 264 g/mol. The second-order valence-electron chi connectivity index (χ2n) is 5.57. The van der Waals surface area contributed by atoms with Crippen LogP contribution in [-0.4, -0.2) is 27.3 Å². The van der Waals surface area contributed by atoms with E-state index in [2.05, 4.69) is 34.6 Å². The first-order chi connectivity index (χ1) is 10.3. The molecule has 1 unspecified atom stereocenters. The fraction of sp³-hybridized carbons (Fsp3) is 0.438. The third kappa shape index (κ3) is 3.03. The van der Waals surface area contributed by atoms with Crippen molar-refractivity contribution < 1.29 is 4.79 Å². The van der Waals surface area contributed by atoms with E-state index < -0.39 is 0 Å². The number of aryl methyl sites for hydroxylation is 1. The van der Waals surface area contributed by atoms with E-state index in [-0.39, 0.29) is 5.78 Å². The molecule has 5 nitrogen and oxygen atoms in total. The van der Waals surface area contributed by atoms with E-state index in [0.717, 1.165) is 19.3 Å². The van der Waals surface area contributed by atoms with Crippen LogP contribution in [0.5, 0.6) is 0 Å². The predicted molar refractivity (Wildman–Crippen MR) is 80.1 cm³/mol. The van der Waals surface area contributed by atoms with Crippen LogP contribution in [0, 0.1) is 0 Å². The predicted octanol–water partition coefficient (Wildman–Crippen LogP) is 1.93. The van der Waals surface area contributed by atoms with Gasteiger partial charge in [0.2, 0.25) is 0 Å². The molecule has 0 saturated heterocycles. The van der Waals surface area contributed by atoms with E-state index in [1.165, 1.54) is 11.1 Å². The van der Waals surface area contributed by atoms with Gasteiger partial charge >= 0.3 is 0 Å². The Labute approximate surface area is 124 Å². The first kappa shape index (κ1) is 13.9. The minimum Gasteiger partial charge on any atom is -0.329 e. The summed E-state index contributed by atoms with van der Waals surface area (Å²) in [5.41, 5.74) is 8.63. The Morgan fingerprint density at radius 2 is 2.24 bits per heavy atom. The molecule has 0 spiro atoms. The maximum Gasteiger partial charge on any atom is 0.185 e. The number of nitrogens with two attached hydrogens (primary N) is 1. The summed E-state index contributed by atoms with van der Waals surface area (Å²) in [5.74, 6) is 0.377. The molecule has 1 aliphatic rings. The average Bonchev–Trinajstić information content (AvgIpc) is 2.97. The molecule has 2 aromatic rings. The number of nitrogens with zero attached hydrogens (tertiary/aromatic N) is 3. The maximum absolute atomic E-state index is 12.4. The molecular formula is C16H20N4O. The molecule has 0 amide bonds. The van der Waals surface area contributed by atoms with Crippen molar-refractivity contribution in [1.29, 1.82) is 0 Å². The highest BCUT2D eigenvalue weighted by Gasteiger charge is 2.23. The summed E-state index contributed by atoms with van der Waals surface area (Å²) >= 11 is 0. The van der Waals surface area contributed by atoms with Gasteiger partial charge < -0.3 is 5.73 Å². The van der Waals surface area contributed by atoms with E-state index >= 15 is 0 Å². The zero-order valence-electron chi connectivity index (χ0n) is 12.0. The smallest absolute Gasteiger partial charge is 0.185 e. The van der Waals surface area contributed by atoms with Crippen molar-refractivity contribution in [2.24, 2.45) is 5.73 Å². The summed E-state index contributed by atoms with van der Waals surface area (Å²) in [6, 6.07) is 8.45. The van der Waals surface area contributed by atoms with Gasteiger partial charge in [-0.2, -0.15) is 0 Å². The van der Waals surface area contributed by atoms with Crippen molar-refractivity contribution in [3.63, 3.8) is 0 Å². The number of carbonyl (C=O) groups excluding carboxylic acids is 1. The van der Waals surface area contributed by atoms with Crippen molar-refractivity contribution in [3.05, 3.63) is 47.3 Å². The summed E-state index contributed by atoms with van der Waals surface area (Å²) in [6.07, 6.45) is 5.55. The molecule has 0 aliphatic heterocycles. The fourth-order valence-electron chi connectivity index (χ4n) is 3.06. The van der Waals surface area contributed by atoms with E-state index in [1.807, 2.05) is 0 Å². The zero-order chi connectivity index (χ0) is 14.7. The van der Waals surface area contributed by atoms with Gasteiger partial charge in [0.15, 0.2) is 5.78 Å². The van der Waals surface area contributed by atoms with Gasteiger partial charge in [-0.05, 0) is 36.3 Å². The van der Waals surface area contributed by atoms with Crippen LogP contribution in [0.2, 0.25) is 0 Å². The molecule has 5 heteroatoms. The first-order valence-corrected chi connectivity index (χ1v) is 7.49. The van der Waals surface area contributed by atoms with Crippen molar-refractivity contribution in [2.75, 3.05) is 6.54 Å². The third-order valence-corrected chi connectivity index (χ3v) is 4.11. The standard InChI is InChI=1S/C16H20N4O/c17-8-9-20-11-15(18-19-20)16(21)10-13-6-3-5-12-4-1-2-7-14(12)13/h1-2,4,7,11,13H,3,5-6,8-10,17H2.